The molecule has 0 saturated heterocycles. The number of rotatable bonds is 4. The van der Waals surface area contributed by atoms with E-state index >= 15 is 0 Å². The average Bonchev–Trinajstić information content (AvgIpc) is 2.30. The molecular weight excluding hydrogens is 222 g/mol. The molecule has 6 nitrogen and oxygen atoms in total. The van der Waals surface area contributed by atoms with Gasteiger partial charge in [0.25, 0.3) is 5.91 Å². The fraction of sp³-hybridized carbons (Fsp3) is 0.455. The Morgan fingerprint density at radius 3 is 2.65 bits per heavy atom. The molecular formula is C11H15N3O3. The van der Waals surface area contributed by atoms with Gasteiger partial charge in [-0.15, -0.1) is 0 Å². The summed E-state index contributed by atoms with van der Waals surface area (Å²) in [5.41, 5.74) is 0.796. The SMILES string of the molecule is CCNC(=O)[C@@H](C)OC(=O)c1cnc(C)cn1. The van der Waals surface area contributed by atoms with Crippen LogP contribution in [-0.2, 0) is 9.53 Å². The summed E-state index contributed by atoms with van der Waals surface area (Å²) < 4.78 is 4.94. The predicted octanol–water partition coefficient (Wildman–Crippen LogP) is 0.466. The van der Waals surface area contributed by atoms with Crippen LogP contribution in [-0.4, -0.2) is 34.5 Å². The molecule has 1 aromatic rings. The van der Waals surface area contributed by atoms with Crippen molar-refractivity contribution in [3.63, 3.8) is 0 Å². The summed E-state index contributed by atoms with van der Waals surface area (Å²) >= 11 is 0. The molecule has 6 heteroatoms. The molecule has 1 atom stereocenters. The zero-order chi connectivity index (χ0) is 12.8. The van der Waals surface area contributed by atoms with Crippen LogP contribution in [0.5, 0.6) is 0 Å². The molecule has 0 aliphatic heterocycles. The normalized spacial score (nSPS) is 11.7. The van der Waals surface area contributed by atoms with E-state index in [1.165, 1.54) is 19.3 Å². The summed E-state index contributed by atoms with van der Waals surface area (Å²) in [6, 6.07) is 0. The minimum Gasteiger partial charge on any atom is -0.448 e. The maximum Gasteiger partial charge on any atom is 0.359 e. The highest BCUT2D eigenvalue weighted by molar-refractivity contribution is 5.90. The molecule has 1 N–H and O–H groups in total. The van der Waals surface area contributed by atoms with E-state index in [0.717, 1.165) is 0 Å². The number of hydrogen-bond donors (Lipinski definition) is 1. The molecule has 92 valence electrons. The fourth-order valence-electron chi connectivity index (χ4n) is 1.09. The number of carbonyl (C=O) groups is 2. The zero-order valence-electron chi connectivity index (χ0n) is 10.1. The van der Waals surface area contributed by atoms with Crippen molar-refractivity contribution in [3.8, 4) is 0 Å². The molecule has 1 rings (SSSR count). The third kappa shape index (κ3) is 3.82. The number of hydrogen-bond acceptors (Lipinski definition) is 5. The molecule has 0 bridgehead atoms. The summed E-state index contributed by atoms with van der Waals surface area (Å²) in [4.78, 5) is 30.7. The summed E-state index contributed by atoms with van der Waals surface area (Å²) in [5, 5.41) is 2.56. The molecule has 0 radical (unpaired) electrons. The van der Waals surface area contributed by atoms with Crippen LogP contribution in [0.3, 0.4) is 0 Å². The monoisotopic (exact) mass is 237 g/mol. The van der Waals surface area contributed by atoms with Crippen LogP contribution in [0.4, 0.5) is 0 Å². The Hall–Kier alpha value is -1.98. The van der Waals surface area contributed by atoms with Gasteiger partial charge in [-0.3, -0.25) is 9.78 Å². The third-order valence-corrected chi connectivity index (χ3v) is 1.99. The van der Waals surface area contributed by atoms with Crippen molar-refractivity contribution in [1.82, 2.24) is 15.3 Å². The van der Waals surface area contributed by atoms with Crippen molar-refractivity contribution in [2.45, 2.75) is 26.9 Å². The van der Waals surface area contributed by atoms with Gasteiger partial charge in [0.1, 0.15) is 0 Å². The van der Waals surface area contributed by atoms with Gasteiger partial charge in [-0.1, -0.05) is 0 Å². The number of esters is 1. The van der Waals surface area contributed by atoms with Gasteiger partial charge in [0.15, 0.2) is 11.8 Å². The molecule has 0 spiro atoms. The first-order valence-electron chi connectivity index (χ1n) is 5.32. The topological polar surface area (TPSA) is 81.2 Å². The second-order valence-electron chi connectivity index (χ2n) is 3.49. The van der Waals surface area contributed by atoms with Gasteiger partial charge in [0.2, 0.25) is 0 Å². The molecule has 0 aliphatic carbocycles. The largest absolute Gasteiger partial charge is 0.448 e. The number of likely N-dealkylation sites (N-methyl/N-ethyl adjacent to an activating group) is 1. The average molecular weight is 237 g/mol. The minimum atomic E-state index is -0.842. The highest BCUT2D eigenvalue weighted by Crippen LogP contribution is 2.00. The summed E-state index contributed by atoms with van der Waals surface area (Å²) in [6.45, 7) is 5.55. The molecule has 1 heterocycles. The molecule has 1 aromatic heterocycles. The maximum atomic E-state index is 11.6. The number of nitrogens with zero attached hydrogens (tertiary/aromatic N) is 2. The number of aryl methyl sites for hydroxylation is 1. The Balaban J connectivity index is 2.60. The van der Waals surface area contributed by atoms with Gasteiger partial charge in [-0.05, 0) is 20.8 Å². The zero-order valence-corrected chi connectivity index (χ0v) is 10.1. The molecule has 1 amide bonds. The van der Waals surface area contributed by atoms with Gasteiger partial charge in [0.05, 0.1) is 11.9 Å². The number of carbonyl (C=O) groups excluding carboxylic acids is 2. The number of aromatic nitrogens is 2. The summed E-state index contributed by atoms with van der Waals surface area (Å²) in [5.74, 6) is -0.989. The second-order valence-corrected chi connectivity index (χ2v) is 3.49. The van der Waals surface area contributed by atoms with Gasteiger partial charge in [-0.25, -0.2) is 9.78 Å². The van der Waals surface area contributed by atoms with Crippen LogP contribution in [0.25, 0.3) is 0 Å². The van der Waals surface area contributed by atoms with Crippen molar-refractivity contribution in [1.29, 1.82) is 0 Å². The summed E-state index contributed by atoms with van der Waals surface area (Å²) in [7, 11) is 0. The standard InChI is InChI=1S/C11H15N3O3/c1-4-12-10(15)8(3)17-11(16)9-6-13-7(2)5-14-9/h5-6,8H,4H2,1-3H3,(H,12,15)/t8-/m1/s1. The third-order valence-electron chi connectivity index (χ3n) is 1.99. The van der Waals surface area contributed by atoms with E-state index in [9.17, 15) is 9.59 Å². The van der Waals surface area contributed by atoms with Crippen LogP contribution in [0, 0.1) is 6.92 Å². The lowest BCUT2D eigenvalue weighted by Gasteiger charge is -2.11. The highest BCUT2D eigenvalue weighted by Gasteiger charge is 2.18. The first-order valence-corrected chi connectivity index (χ1v) is 5.32. The van der Waals surface area contributed by atoms with E-state index in [1.807, 2.05) is 0 Å². The van der Waals surface area contributed by atoms with Crippen molar-refractivity contribution in [2.24, 2.45) is 0 Å². The number of nitrogens with one attached hydrogen (secondary N) is 1. The van der Waals surface area contributed by atoms with E-state index in [1.54, 1.807) is 13.8 Å². The van der Waals surface area contributed by atoms with Crippen LogP contribution < -0.4 is 5.32 Å². The number of amides is 1. The lowest BCUT2D eigenvalue weighted by atomic mass is 10.3. The lowest BCUT2D eigenvalue weighted by Crippen LogP contribution is -2.35. The summed E-state index contributed by atoms with van der Waals surface area (Å²) in [6.07, 6.45) is 1.95. The van der Waals surface area contributed by atoms with E-state index < -0.39 is 12.1 Å². The predicted molar refractivity (Wildman–Crippen MR) is 60.3 cm³/mol. The van der Waals surface area contributed by atoms with Crippen LogP contribution >= 0.6 is 0 Å². The number of ether oxygens (including phenoxy) is 1. The maximum absolute atomic E-state index is 11.6. The molecule has 0 aromatic carbocycles. The first-order chi connectivity index (χ1) is 8.04. The van der Waals surface area contributed by atoms with E-state index in [2.05, 4.69) is 15.3 Å². The van der Waals surface area contributed by atoms with Crippen molar-refractivity contribution in [3.05, 3.63) is 23.8 Å². The highest BCUT2D eigenvalue weighted by atomic mass is 16.5. The van der Waals surface area contributed by atoms with Crippen molar-refractivity contribution >= 4 is 11.9 Å². The Morgan fingerprint density at radius 2 is 2.12 bits per heavy atom. The van der Waals surface area contributed by atoms with Crippen LogP contribution in [0.1, 0.15) is 30.0 Å². The molecule has 0 unspecified atom stereocenters. The van der Waals surface area contributed by atoms with Crippen LogP contribution in [0.15, 0.2) is 12.4 Å². The molecule has 17 heavy (non-hydrogen) atoms. The lowest BCUT2D eigenvalue weighted by molar-refractivity contribution is -0.128. The van der Waals surface area contributed by atoms with Gasteiger partial charge >= 0.3 is 5.97 Å². The Kier molecular flexibility index (Phi) is 4.56. The molecule has 0 aliphatic rings. The first kappa shape index (κ1) is 13.1. The van der Waals surface area contributed by atoms with E-state index in [-0.39, 0.29) is 11.6 Å². The van der Waals surface area contributed by atoms with E-state index in [4.69, 9.17) is 4.74 Å². The van der Waals surface area contributed by atoms with Crippen molar-refractivity contribution < 1.29 is 14.3 Å². The Morgan fingerprint density at radius 1 is 1.41 bits per heavy atom. The fourth-order valence-corrected chi connectivity index (χ4v) is 1.09. The Bertz CT molecular complexity index is 403. The second kappa shape index (κ2) is 5.93. The van der Waals surface area contributed by atoms with E-state index in [0.29, 0.717) is 12.2 Å². The smallest absolute Gasteiger partial charge is 0.359 e. The van der Waals surface area contributed by atoms with Crippen LogP contribution in [0.2, 0.25) is 0 Å². The van der Waals surface area contributed by atoms with Gasteiger partial charge < -0.3 is 10.1 Å². The van der Waals surface area contributed by atoms with Crippen molar-refractivity contribution in [2.75, 3.05) is 6.54 Å². The Labute approximate surface area is 99.4 Å². The molecule has 0 saturated carbocycles. The quantitative estimate of drug-likeness (QED) is 0.770. The van der Waals surface area contributed by atoms with Gasteiger partial charge in [-0.2, -0.15) is 0 Å². The molecule has 0 fully saturated rings. The van der Waals surface area contributed by atoms with Gasteiger partial charge in [0, 0.05) is 12.7 Å². The minimum absolute atomic E-state index is 0.0896.